The van der Waals surface area contributed by atoms with Gasteiger partial charge in [-0.3, -0.25) is 39.2 Å². The Morgan fingerprint density at radius 2 is 1.67 bits per heavy atom. The van der Waals surface area contributed by atoms with Gasteiger partial charge in [0, 0.05) is 32.4 Å². The van der Waals surface area contributed by atoms with E-state index in [1.165, 1.54) is 20.2 Å². The van der Waals surface area contributed by atoms with E-state index in [-0.39, 0.29) is 18.0 Å². The van der Waals surface area contributed by atoms with Gasteiger partial charge in [-0.25, -0.2) is 9.59 Å². The number of nitrogens with zero attached hydrogens (tertiary/aromatic N) is 4. The molecule has 11 heteroatoms. The molecule has 11 nitrogen and oxygen atoms in total. The molecule has 4 heterocycles. The maximum atomic E-state index is 13.7. The molecule has 43 heavy (non-hydrogen) atoms. The van der Waals surface area contributed by atoms with Crippen molar-refractivity contribution in [1.82, 2.24) is 20.0 Å². The third-order valence-electron chi connectivity index (χ3n) is 9.23. The van der Waals surface area contributed by atoms with E-state index in [2.05, 4.69) is 10.2 Å². The number of nitrogens with one attached hydrogen (secondary N) is 1. The number of anilines is 1. The van der Waals surface area contributed by atoms with Crippen LogP contribution in [0.3, 0.4) is 0 Å². The summed E-state index contributed by atoms with van der Waals surface area (Å²) < 4.78 is 0. The van der Waals surface area contributed by atoms with Gasteiger partial charge in [-0.15, -0.1) is 0 Å². The van der Waals surface area contributed by atoms with Crippen LogP contribution in [0.15, 0.2) is 54.1 Å². The molecule has 0 bridgehead atoms. The number of aryl methyl sites for hydroxylation is 1. The largest absolute Gasteiger partial charge is 0.367 e. The zero-order valence-electron chi connectivity index (χ0n) is 24.3. The molecule has 2 atom stereocenters. The zero-order chi connectivity index (χ0) is 30.6. The summed E-state index contributed by atoms with van der Waals surface area (Å²) in [5.41, 5.74) is 1.55. The molecule has 6 rings (SSSR count). The fourth-order valence-electron chi connectivity index (χ4n) is 7.02. The Bertz CT molecular complexity index is 1580. The number of hydrogen-bond acceptors (Lipinski definition) is 7. The van der Waals surface area contributed by atoms with Crippen LogP contribution in [0.25, 0.3) is 6.08 Å². The molecule has 0 aromatic heterocycles. The second-order valence-corrected chi connectivity index (χ2v) is 11.8. The van der Waals surface area contributed by atoms with Gasteiger partial charge in [0.1, 0.15) is 5.57 Å². The fraction of sp³-hybridized carbons (Fsp3) is 0.375. The number of carbonyl (C=O) groups excluding carboxylic acids is 6. The molecule has 3 saturated heterocycles. The van der Waals surface area contributed by atoms with E-state index in [9.17, 15) is 28.8 Å². The number of urea groups is 2. The number of carbonyl (C=O) groups is 6. The summed E-state index contributed by atoms with van der Waals surface area (Å²) in [6.45, 7) is 2.43. The minimum absolute atomic E-state index is 0.0847. The van der Waals surface area contributed by atoms with Crippen LogP contribution in [0.4, 0.5) is 15.3 Å². The van der Waals surface area contributed by atoms with Gasteiger partial charge in [0.05, 0.1) is 6.04 Å². The third-order valence-corrected chi connectivity index (χ3v) is 9.23. The van der Waals surface area contributed by atoms with Crippen molar-refractivity contribution < 1.29 is 28.8 Å². The maximum Gasteiger partial charge on any atom is 0.332 e. The molecule has 2 aromatic rings. The molecule has 222 valence electrons. The van der Waals surface area contributed by atoms with Crippen molar-refractivity contribution in [3.8, 4) is 0 Å². The molecule has 1 N–H and O–H groups in total. The van der Waals surface area contributed by atoms with Gasteiger partial charge in [0.2, 0.25) is 11.8 Å². The topological polar surface area (TPSA) is 127 Å². The SMILES string of the molecule is C[C@H](CCc1ccccc1)N1C(=O)NC(=O)/C(=C\c2ccc3c(c2)CC2(C(=O)N(C)C(=O)N(C)C2=O)[C@@H]2CCCN32)C1=O. The molecular formula is C32H33N5O6. The first-order valence-electron chi connectivity index (χ1n) is 14.5. The molecular weight excluding hydrogens is 550 g/mol. The highest BCUT2D eigenvalue weighted by Gasteiger charge is 2.63. The van der Waals surface area contributed by atoms with E-state index in [4.69, 9.17) is 0 Å². The van der Waals surface area contributed by atoms with Crippen molar-refractivity contribution >= 4 is 47.5 Å². The summed E-state index contributed by atoms with van der Waals surface area (Å²) in [6, 6.07) is 12.9. The van der Waals surface area contributed by atoms with E-state index < -0.39 is 47.1 Å². The Balaban J connectivity index is 1.31. The number of benzene rings is 2. The highest BCUT2D eigenvalue weighted by molar-refractivity contribution is 6.31. The Labute approximate surface area is 249 Å². The Kier molecular flexibility index (Phi) is 6.90. The second kappa shape index (κ2) is 10.5. The van der Waals surface area contributed by atoms with Crippen molar-refractivity contribution in [2.75, 3.05) is 25.5 Å². The molecule has 0 aliphatic carbocycles. The van der Waals surface area contributed by atoms with Crippen LogP contribution in [0.1, 0.15) is 42.9 Å². The van der Waals surface area contributed by atoms with Crippen LogP contribution in [0.5, 0.6) is 0 Å². The maximum absolute atomic E-state index is 13.7. The summed E-state index contributed by atoms with van der Waals surface area (Å²) in [5, 5.41) is 2.29. The van der Waals surface area contributed by atoms with Gasteiger partial charge < -0.3 is 4.90 Å². The average molecular weight is 584 g/mol. The summed E-state index contributed by atoms with van der Waals surface area (Å²) in [6.07, 6.45) is 4.14. The standard InChI is InChI=1S/C32H33N5O6/c1-19(11-12-20-8-5-4-6-9-20)37-27(39)23(26(38)33-30(37)42)17-21-13-14-24-22(16-21)18-32(25-10-7-15-36(24)25)28(40)34(2)31(43)35(3)29(32)41/h4-6,8-9,13-14,16-17,19,25H,7,10-12,15,18H2,1-3H3,(H,33,38,42)/b23-17+/t19-,25+/m1/s1. The van der Waals surface area contributed by atoms with Crippen molar-refractivity contribution in [3.63, 3.8) is 0 Å². The summed E-state index contributed by atoms with van der Waals surface area (Å²) >= 11 is 0. The van der Waals surface area contributed by atoms with Gasteiger partial charge in [-0.1, -0.05) is 36.4 Å². The molecule has 4 aliphatic heterocycles. The molecule has 2 aromatic carbocycles. The van der Waals surface area contributed by atoms with Crippen molar-refractivity contribution in [3.05, 3.63) is 70.8 Å². The van der Waals surface area contributed by atoms with E-state index in [0.717, 1.165) is 32.4 Å². The van der Waals surface area contributed by atoms with Gasteiger partial charge in [0.25, 0.3) is 11.8 Å². The summed E-state index contributed by atoms with van der Waals surface area (Å²) in [4.78, 5) is 84.1. The second-order valence-electron chi connectivity index (χ2n) is 11.8. The van der Waals surface area contributed by atoms with E-state index in [1.54, 1.807) is 19.1 Å². The zero-order valence-corrected chi connectivity index (χ0v) is 24.3. The minimum atomic E-state index is -1.46. The lowest BCUT2D eigenvalue weighted by Crippen LogP contribution is -2.70. The van der Waals surface area contributed by atoms with Crippen LogP contribution in [0.2, 0.25) is 0 Å². The fourth-order valence-corrected chi connectivity index (χ4v) is 7.02. The van der Waals surface area contributed by atoms with Gasteiger partial charge in [0.15, 0.2) is 5.41 Å². The van der Waals surface area contributed by atoms with Crippen molar-refractivity contribution in [2.24, 2.45) is 5.41 Å². The average Bonchev–Trinajstić information content (AvgIpc) is 3.50. The number of imide groups is 4. The number of amides is 8. The number of barbiturate groups is 2. The molecule has 0 saturated carbocycles. The smallest absolute Gasteiger partial charge is 0.332 e. The quantitative estimate of drug-likeness (QED) is 0.326. The number of fused-ring (bicyclic) bond motifs is 4. The van der Waals surface area contributed by atoms with Crippen LogP contribution < -0.4 is 10.2 Å². The molecule has 0 radical (unpaired) electrons. The van der Waals surface area contributed by atoms with Crippen LogP contribution in [-0.4, -0.2) is 83.1 Å². The summed E-state index contributed by atoms with van der Waals surface area (Å²) in [5.74, 6) is -2.50. The lowest BCUT2D eigenvalue weighted by atomic mass is 9.68. The van der Waals surface area contributed by atoms with Crippen LogP contribution in [0, 0.1) is 5.41 Å². The lowest BCUT2D eigenvalue weighted by molar-refractivity contribution is -0.159. The van der Waals surface area contributed by atoms with E-state index in [0.29, 0.717) is 36.9 Å². The molecule has 3 fully saturated rings. The predicted octanol–water partition coefficient (Wildman–Crippen LogP) is 2.73. The third kappa shape index (κ3) is 4.41. The van der Waals surface area contributed by atoms with Crippen LogP contribution in [-0.2, 0) is 32.0 Å². The molecule has 8 amide bonds. The molecule has 4 aliphatic rings. The monoisotopic (exact) mass is 583 g/mol. The lowest BCUT2D eigenvalue weighted by Gasteiger charge is -2.50. The highest BCUT2D eigenvalue weighted by atomic mass is 16.2. The van der Waals surface area contributed by atoms with Crippen molar-refractivity contribution in [1.29, 1.82) is 0 Å². The predicted molar refractivity (Wildman–Crippen MR) is 156 cm³/mol. The van der Waals surface area contributed by atoms with Gasteiger partial charge in [-0.05, 0) is 73.9 Å². The Hall–Kier alpha value is -4.80. The molecule has 1 spiro atoms. The Morgan fingerprint density at radius 1 is 0.977 bits per heavy atom. The van der Waals surface area contributed by atoms with E-state index in [1.807, 2.05) is 36.4 Å². The van der Waals surface area contributed by atoms with E-state index >= 15 is 0 Å². The van der Waals surface area contributed by atoms with Crippen molar-refractivity contribution in [2.45, 2.75) is 51.1 Å². The molecule has 0 unspecified atom stereocenters. The number of hydrogen-bond donors (Lipinski definition) is 1. The van der Waals surface area contributed by atoms with Gasteiger partial charge in [-0.2, -0.15) is 0 Å². The summed E-state index contributed by atoms with van der Waals surface area (Å²) in [7, 11) is 2.79. The first-order chi connectivity index (χ1) is 20.5. The minimum Gasteiger partial charge on any atom is -0.367 e. The van der Waals surface area contributed by atoms with Crippen LogP contribution >= 0.6 is 0 Å². The first kappa shape index (κ1) is 28.3. The number of rotatable bonds is 5. The normalized spacial score (nSPS) is 23.2. The first-order valence-corrected chi connectivity index (χ1v) is 14.5. The Morgan fingerprint density at radius 3 is 2.37 bits per heavy atom. The highest BCUT2D eigenvalue weighted by Crippen LogP contribution is 2.49. The van der Waals surface area contributed by atoms with Gasteiger partial charge >= 0.3 is 12.1 Å².